The summed E-state index contributed by atoms with van der Waals surface area (Å²) >= 11 is 0. The highest BCUT2D eigenvalue weighted by molar-refractivity contribution is 5.97. The summed E-state index contributed by atoms with van der Waals surface area (Å²) in [5.74, 6) is 0.991. The SMILES string of the molecule is CCCc1ccc(C(=O)CN2CCCC(C)C2)cc1. The number of hydrogen-bond donors (Lipinski definition) is 0. The molecule has 0 saturated carbocycles. The van der Waals surface area contributed by atoms with Crippen molar-refractivity contribution >= 4 is 5.78 Å². The first-order valence-electron chi connectivity index (χ1n) is 7.53. The fraction of sp³-hybridized carbons (Fsp3) is 0.588. The molecule has 104 valence electrons. The Balaban J connectivity index is 1.91. The van der Waals surface area contributed by atoms with Crippen LogP contribution in [0.15, 0.2) is 24.3 Å². The predicted molar refractivity (Wildman–Crippen MR) is 79.6 cm³/mol. The van der Waals surface area contributed by atoms with E-state index in [0.29, 0.717) is 6.54 Å². The van der Waals surface area contributed by atoms with E-state index in [4.69, 9.17) is 0 Å². The highest BCUT2D eigenvalue weighted by Gasteiger charge is 2.19. The van der Waals surface area contributed by atoms with Gasteiger partial charge in [-0.2, -0.15) is 0 Å². The standard InChI is InChI=1S/C17H25NO/c1-3-5-15-7-9-16(10-8-15)17(19)13-18-11-4-6-14(2)12-18/h7-10,14H,3-6,11-13H2,1-2H3. The number of likely N-dealkylation sites (tertiary alicyclic amines) is 1. The number of piperidine rings is 1. The summed E-state index contributed by atoms with van der Waals surface area (Å²) in [5, 5.41) is 0. The third-order valence-electron chi connectivity index (χ3n) is 3.92. The van der Waals surface area contributed by atoms with Crippen molar-refractivity contribution in [3.63, 3.8) is 0 Å². The quantitative estimate of drug-likeness (QED) is 0.754. The number of benzene rings is 1. The van der Waals surface area contributed by atoms with Crippen LogP contribution in [0, 0.1) is 5.92 Å². The fourth-order valence-electron chi connectivity index (χ4n) is 2.87. The van der Waals surface area contributed by atoms with Crippen molar-refractivity contribution in [2.75, 3.05) is 19.6 Å². The van der Waals surface area contributed by atoms with Crippen LogP contribution in [0.3, 0.4) is 0 Å². The molecule has 2 rings (SSSR count). The summed E-state index contributed by atoms with van der Waals surface area (Å²) < 4.78 is 0. The summed E-state index contributed by atoms with van der Waals surface area (Å²) in [4.78, 5) is 14.5. The molecule has 1 aromatic carbocycles. The van der Waals surface area contributed by atoms with Gasteiger partial charge in [0.15, 0.2) is 5.78 Å². The topological polar surface area (TPSA) is 20.3 Å². The molecule has 0 aliphatic carbocycles. The zero-order valence-corrected chi connectivity index (χ0v) is 12.2. The summed E-state index contributed by atoms with van der Waals surface area (Å²) in [7, 11) is 0. The molecule has 2 heteroatoms. The summed E-state index contributed by atoms with van der Waals surface area (Å²) in [6.07, 6.45) is 4.78. The lowest BCUT2D eigenvalue weighted by Gasteiger charge is -2.30. The largest absolute Gasteiger partial charge is 0.296 e. The van der Waals surface area contributed by atoms with Gasteiger partial charge in [-0.1, -0.05) is 44.5 Å². The normalized spacial score (nSPS) is 20.4. The number of ketones is 1. The van der Waals surface area contributed by atoms with Crippen LogP contribution in [0.4, 0.5) is 0 Å². The van der Waals surface area contributed by atoms with E-state index in [1.807, 2.05) is 12.1 Å². The molecule has 2 nitrogen and oxygen atoms in total. The van der Waals surface area contributed by atoms with Crippen LogP contribution in [-0.4, -0.2) is 30.3 Å². The summed E-state index contributed by atoms with van der Waals surface area (Å²) in [5.41, 5.74) is 2.18. The lowest BCUT2D eigenvalue weighted by atomic mass is 9.99. The van der Waals surface area contributed by atoms with Crippen molar-refractivity contribution in [3.05, 3.63) is 35.4 Å². The van der Waals surface area contributed by atoms with Gasteiger partial charge in [0.25, 0.3) is 0 Å². The van der Waals surface area contributed by atoms with Crippen LogP contribution in [0.5, 0.6) is 0 Å². The minimum Gasteiger partial charge on any atom is -0.296 e. The van der Waals surface area contributed by atoms with Crippen LogP contribution in [0.2, 0.25) is 0 Å². The number of carbonyl (C=O) groups excluding carboxylic acids is 1. The maximum absolute atomic E-state index is 12.2. The van der Waals surface area contributed by atoms with E-state index in [9.17, 15) is 4.79 Å². The molecule has 1 atom stereocenters. The molecule has 1 aliphatic rings. The first kappa shape index (κ1) is 14.3. The number of aryl methyl sites for hydroxylation is 1. The number of Topliss-reactive ketones (excluding diaryl/α,β-unsaturated/α-hetero) is 1. The molecular weight excluding hydrogens is 234 g/mol. The maximum atomic E-state index is 12.2. The summed E-state index contributed by atoms with van der Waals surface area (Å²) in [6, 6.07) is 8.16. The number of nitrogens with zero attached hydrogens (tertiary/aromatic N) is 1. The minimum absolute atomic E-state index is 0.261. The summed E-state index contributed by atoms with van der Waals surface area (Å²) in [6.45, 7) is 7.17. The molecule has 1 aromatic rings. The van der Waals surface area contributed by atoms with Gasteiger partial charge in [-0.25, -0.2) is 0 Å². The van der Waals surface area contributed by atoms with E-state index in [2.05, 4.69) is 30.9 Å². The molecule has 0 amide bonds. The van der Waals surface area contributed by atoms with Gasteiger partial charge in [0, 0.05) is 12.1 Å². The van der Waals surface area contributed by atoms with Gasteiger partial charge in [-0.15, -0.1) is 0 Å². The maximum Gasteiger partial charge on any atom is 0.176 e. The molecular formula is C17H25NO. The highest BCUT2D eigenvalue weighted by atomic mass is 16.1. The van der Waals surface area contributed by atoms with Gasteiger partial charge in [-0.05, 0) is 37.3 Å². The molecule has 1 fully saturated rings. The zero-order valence-electron chi connectivity index (χ0n) is 12.2. The Bertz CT molecular complexity index is 410. The van der Waals surface area contributed by atoms with Crippen LogP contribution in [0.1, 0.15) is 49.0 Å². The molecule has 1 heterocycles. The average molecular weight is 259 g/mol. The fourth-order valence-corrected chi connectivity index (χ4v) is 2.87. The number of hydrogen-bond acceptors (Lipinski definition) is 2. The van der Waals surface area contributed by atoms with E-state index in [0.717, 1.165) is 37.4 Å². The predicted octanol–water partition coefficient (Wildman–Crippen LogP) is 3.55. The van der Waals surface area contributed by atoms with Gasteiger partial charge in [0.1, 0.15) is 0 Å². The van der Waals surface area contributed by atoms with Crippen LogP contribution in [-0.2, 0) is 6.42 Å². The Morgan fingerprint density at radius 2 is 2.05 bits per heavy atom. The molecule has 1 saturated heterocycles. The van der Waals surface area contributed by atoms with Crippen molar-refractivity contribution in [1.29, 1.82) is 0 Å². The Hall–Kier alpha value is -1.15. The van der Waals surface area contributed by atoms with E-state index in [1.54, 1.807) is 0 Å². The lowest BCUT2D eigenvalue weighted by Crippen LogP contribution is -2.37. The first-order valence-corrected chi connectivity index (χ1v) is 7.53. The second kappa shape index (κ2) is 6.85. The molecule has 19 heavy (non-hydrogen) atoms. The zero-order chi connectivity index (χ0) is 13.7. The second-order valence-electron chi connectivity index (χ2n) is 5.85. The van der Waals surface area contributed by atoms with Crippen molar-refractivity contribution in [2.45, 2.75) is 39.5 Å². The molecule has 0 N–H and O–H groups in total. The Labute approximate surface area is 116 Å². The molecule has 1 unspecified atom stereocenters. The smallest absolute Gasteiger partial charge is 0.176 e. The van der Waals surface area contributed by atoms with Crippen molar-refractivity contribution in [3.8, 4) is 0 Å². The lowest BCUT2D eigenvalue weighted by molar-refractivity contribution is 0.0893. The van der Waals surface area contributed by atoms with Crippen molar-refractivity contribution < 1.29 is 4.79 Å². The van der Waals surface area contributed by atoms with Crippen molar-refractivity contribution in [2.24, 2.45) is 5.92 Å². The average Bonchev–Trinajstić information content (AvgIpc) is 2.40. The van der Waals surface area contributed by atoms with Crippen LogP contribution in [0.25, 0.3) is 0 Å². The Morgan fingerprint density at radius 1 is 1.32 bits per heavy atom. The van der Waals surface area contributed by atoms with E-state index in [-0.39, 0.29) is 5.78 Å². The molecule has 0 radical (unpaired) electrons. The highest BCUT2D eigenvalue weighted by Crippen LogP contribution is 2.16. The first-order chi connectivity index (χ1) is 9.19. The molecule has 0 aromatic heterocycles. The van der Waals surface area contributed by atoms with Gasteiger partial charge >= 0.3 is 0 Å². The van der Waals surface area contributed by atoms with Crippen LogP contribution >= 0.6 is 0 Å². The number of rotatable bonds is 5. The van der Waals surface area contributed by atoms with Crippen LogP contribution < -0.4 is 0 Å². The molecule has 0 spiro atoms. The minimum atomic E-state index is 0.261. The second-order valence-corrected chi connectivity index (χ2v) is 5.85. The van der Waals surface area contributed by atoms with Crippen molar-refractivity contribution in [1.82, 2.24) is 4.90 Å². The molecule has 1 aliphatic heterocycles. The van der Waals surface area contributed by atoms with E-state index in [1.165, 1.54) is 18.4 Å². The van der Waals surface area contributed by atoms with E-state index < -0.39 is 0 Å². The van der Waals surface area contributed by atoms with Gasteiger partial charge in [0.2, 0.25) is 0 Å². The monoisotopic (exact) mass is 259 g/mol. The third-order valence-corrected chi connectivity index (χ3v) is 3.92. The molecule has 0 bridgehead atoms. The number of carbonyl (C=O) groups is 1. The van der Waals surface area contributed by atoms with Gasteiger partial charge < -0.3 is 0 Å². The Kier molecular flexibility index (Phi) is 5.15. The third kappa shape index (κ3) is 4.17. The van der Waals surface area contributed by atoms with E-state index >= 15 is 0 Å². The Morgan fingerprint density at radius 3 is 2.68 bits per heavy atom. The van der Waals surface area contributed by atoms with Gasteiger partial charge in [0.05, 0.1) is 6.54 Å². The van der Waals surface area contributed by atoms with Gasteiger partial charge in [-0.3, -0.25) is 9.69 Å².